The van der Waals surface area contributed by atoms with Gasteiger partial charge in [0.05, 0.1) is 23.2 Å². The van der Waals surface area contributed by atoms with E-state index >= 15 is 0 Å². The Balaban J connectivity index is 1.79. The van der Waals surface area contributed by atoms with Crippen molar-refractivity contribution in [3.8, 4) is 0 Å². The van der Waals surface area contributed by atoms with Gasteiger partial charge in [0.1, 0.15) is 0 Å². The quantitative estimate of drug-likeness (QED) is 0.639. The van der Waals surface area contributed by atoms with E-state index in [0.717, 1.165) is 37.2 Å². The van der Waals surface area contributed by atoms with Crippen LogP contribution in [-0.4, -0.2) is 29.7 Å². The van der Waals surface area contributed by atoms with Crippen LogP contribution in [0.4, 0.5) is 17.1 Å². The number of nitrogens with zero attached hydrogens (tertiary/aromatic N) is 1. The molecule has 2 bridgehead atoms. The normalized spacial score (nSPS) is 27.6. The Morgan fingerprint density at radius 3 is 2.75 bits per heavy atom. The van der Waals surface area contributed by atoms with E-state index < -0.39 is 0 Å². The van der Waals surface area contributed by atoms with Crippen LogP contribution < -0.4 is 10.6 Å². The topological polar surface area (TPSA) is 76.4 Å². The van der Waals surface area contributed by atoms with Gasteiger partial charge in [0.2, 0.25) is 0 Å². The molecular weight excluding hydrogens is 258 g/mol. The van der Waals surface area contributed by atoms with Crippen LogP contribution in [-0.2, 0) is 4.74 Å². The number of nitrogens with one attached hydrogen (secondary N) is 2. The van der Waals surface area contributed by atoms with Crippen LogP contribution in [0.3, 0.4) is 0 Å². The van der Waals surface area contributed by atoms with Crippen LogP contribution in [0.1, 0.15) is 26.2 Å². The second-order valence-corrected chi connectivity index (χ2v) is 5.42. The van der Waals surface area contributed by atoms with E-state index in [1.165, 1.54) is 0 Å². The Morgan fingerprint density at radius 2 is 2.15 bits per heavy atom. The highest BCUT2D eigenvalue weighted by molar-refractivity contribution is 5.63. The average Bonchev–Trinajstić information content (AvgIpc) is 3.01. The van der Waals surface area contributed by atoms with E-state index in [-0.39, 0.29) is 22.8 Å². The molecule has 6 heteroatoms. The van der Waals surface area contributed by atoms with E-state index in [0.29, 0.717) is 6.10 Å². The van der Waals surface area contributed by atoms with Crippen molar-refractivity contribution in [2.75, 3.05) is 17.2 Å². The largest absolute Gasteiger partial charge is 0.385 e. The number of hydrogen-bond acceptors (Lipinski definition) is 5. The van der Waals surface area contributed by atoms with Gasteiger partial charge in [-0.1, -0.05) is 0 Å². The van der Waals surface area contributed by atoms with Crippen LogP contribution in [0.5, 0.6) is 0 Å². The van der Waals surface area contributed by atoms with E-state index in [2.05, 4.69) is 10.6 Å². The summed E-state index contributed by atoms with van der Waals surface area (Å²) < 4.78 is 5.80. The maximum atomic E-state index is 11.0. The number of ether oxygens (including phenoxy) is 1. The van der Waals surface area contributed by atoms with Gasteiger partial charge in [0.15, 0.2) is 0 Å². The molecule has 2 saturated heterocycles. The molecule has 0 amide bonds. The highest BCUT2D eigenvalue weighted by atomic mass is 16.6. The number of fused-ring (bicyclic) bond motifs is 2. The molecule has 3 atom stereocenters. The Labute approximate surface area is 117 Å². The number of nitro benzene ring substituents is 1. The summed E-state index contributed by atoms with van der Waals surface area (Å²) in [6.45, 7) is 2.70. The summed E-state index contributed by atoms with van der Waals surface area (Å²) in [4.78, 5) is 10.6. The zero-order valence-corrected chi connectivity index (χ0v) is 11.5. The first-order valence-corrected chi connectivity index (χ1v) is 7.11. The second kappa shape index (κ2) is 5.28. The third-order valence-corrected chi connectivity index (χ3v) is 3.97. The summed E-state index contributed by atoms with van der Waals surface area (Å²) in [6, 6.07) is 5.34. The van der Waals surface area contributed by atoms with Gasteiger partial charge in [0, 0.05) is 30.1 Å². The van der Waals surface area contributed by atoms with Gasteiger partial charge in [-0.25, -0.2) is 0 Å². The van der Waals surface area contributed by atoms with E-state index in [1.807, 2.05) is 13.0 Å². The molecule has 0 spiro atoms. The lowest BCUT2D eigenvalue weighted by atomic mass is 9.95. The minimum absolute atomic E-state index is 0.107. The average molecular weight is 277 g/mol. The standard InChI is InChI=1S/C14H19N3O3/c1-2-15-9-5-10(7-11(6-9)17(18)19)16-13-8-12-3-4-14(13)20-12/h5-7,12-16H,2-4,8H2,1H3. The molecule has 1 aromatic carbocycles. The smallest absolute Gasteiger partial charge is 0.273 e. The monoisotopic (exact) mass is 277 g/mol. The molecule has 0 aliphatic carbocycles. The molecular formula is C14H19N3O3. The number of non-ortho nitro benzene ring substituents is 1. The lowest BCUT2D eigenvalue weighted by Crippen LogP contribution is -2.30. The lowest BCUT2D eigenvalue weighted by molar-refractivity contribution is -0.384. The van der Waals surface area contributed by atoms with Crippen LogP contribution in [0.25, 0.3) is 0 Å². The van der Waals surface area contributed by atoms with Gasteiger partial charge in [-0.05, 0) is 32.3 Å². The first-order valence-electron chi connectivity index (χ1n) is 7.11. The third-order valence-electron chi connectivity index (χ3n) is 3.97. The van der Waals surface area contributed by atoms with Crippen molar-refractivity contribution >= 4 is 17.1 Å². The fraction of sp³-hybridized carbons (Fsp3) is 0.571. The molecule has 20 heavy (non-hydrogen) atoms. The van der Waals surface area contributed by atoms with Crippen molar-refractivity contribution in [3.05, 3.63) is 28.3 Å². The minimum Gasteiger partial charge on any atom is -0.385 e. The Hall–Kier alpha value is -1.82. The number of nitro groups is 1. The third kappa shape index (κ3) is 2.56. The molecule has 0 aromatic heterocycles. The first kappa shape index (κ1) is 13.2. The van der Waals surface area contributed by atoms with Crippen LogP contribution in [0.2, 0.25) is 0 Å². The molecule has 6 nitrogen and oxygen atoms in total. The Kier molecular flexibility index (Phi) is 3.48. The predicted octanol–water partition coefficient (Wildman–Crippen LogP) is 2.76. The number of anilines is 2. The summed E-state index contributed by atoms with van der Waals surface area (Å²) >= 11 is 0. The van der Waals surface area contributed by atoms with Crippen LogP contribution in [0, 0.1) is 10.1 Å². The number of rotatable bonds is 5. The van der Waals surface area contributed by atoms with Crippen LogP contribution in [0.15, 0.2) is 18.2 Å². The van der Waals surface area contributed by atoms with E-state index in [1.54, 1.807) is 12.1 Å². The molecule has 2 heterocycles. The summed E-state index contributed by atoms with van der Waals surface area (Å²) in [5.74, 6) is 0. The summed E-state index contributed by atoms with van der Waals surface area (Å²) in [7, 11) is 0. The highest BCUT2D eigenvalue weighted by Crippen LogP contribution is 2.36. The van der Waals surface area contributed by atoms with Crippen LogP contribution >= 0.6 is 0 Å². The van der Waals surface area contributed by atoms with Crippen molar-refractivity contribution < 1.29 is 9.66 Å². The van der Waals surface area contributed by atoms with Gasteiger partial charge < -0.3 is 15.4 Å². The van der Waals surface area contributed by atoms with Gasteiger partial charge >= 0.3 is 0 Å². The van der Waals surface area contributed by atoms with E-state index in [9.17, 15) is 10.1 Å². The molecule has 0 saturated carbocycles. The number of benzene rings is 1. The van der Waals surface area contributed by atoms with Crippen molar-refractivity contribution in [1.29, 1.82) is 0 Å². The number of hydrogen-bond donors (Lipinski definition) is 2. The zero-order valence-electron chi connectivity index (χ0n) is 11.5. The van der Waals surface area contributed by atoms with Gasteiger partial charge in [-0.15, -0.1) is 0 Å². The fourth-order valence-corrected chi connectivity index (χ4v) is 3.11. The predicted molar refractivity (Wildman–Crippen MR) is 77.2 cm³/mol. The molecule has 2 N–H and O–H groups in total. The SMILES string of the molecule is CCNc1cc(NC2CC3CCC2O3)cc([N+](=O)[O-])c1. The van der Waals surface area contributed by atoms with Gasteiger partial charge in [-0.2, -0.15) is 0 Å². The molecule has 2 aliphatic rings. The molecule has 2 fully saturated rings. The van der Waals surface area contributed by atoms with Gasteiger partial charge in [-0.3, -0.25) is 10.1 Å². The molecule has 3 rings (SSSR count). The zero-order chi connectivity index (χ0) is 14.1. The van der Waals surface area contributed by atoms with E-state index in [4.69, 9.17) is 4.74 Å². The van der Waals surface area contributed by atoms with Crippen molar-refractivity contribution in [2.24, 2.45) is 0 Å². The maximum absolute atomic E-state index is 11.0. The first-order chi connectivity index (χ1) is 9.65. The second-order valence-electron chi connectivity index (χ2n) is 5.42. The Morgan fingerprint density at radius 1 is 1.35 bits per heavy atom. The van der Waals surface area contributed by atoms with Crippen molar-refractivity contribution in [1.82, 2.24) is 0 Å². The Bertz CT molecular complexity index is 520. The van der Waals surface area contributed by atoms with Crippen molar-refractivity contribution in [2.45, 2.75) is 44.4 Å². The van der Waals surface area contributed by atoms with Crippen molar-refractivity contribution in [3.63, 3.8) is 0 Å². The maximum Gasteiger partial charge on any atom is 0.273 e. The summed E-state index contributed by atoms with van der Waals surface area (Å²) in [5, 5.41) is 17.5. The summed E-state index contributed by atoms with van der Waals surface area (Å²) in [6.07, 6.45) is 3.83. The molecule has 108 valence electrons. The molecule has 3 unspecified atom stereocenters. The highest BCUT2D eigenvalue weighted by Gasteiger charge is 2.40. The minimum atomic E-state index is -0.358. The van der Waals surface area contributed by atoms with Gasteiger partial charge in [0.25, 0.3) is 5.69 Å². The summed E-state index contributed by atoms with van der Waals surface area (Å²) in [5.41, 5.74) is 1.67. The molecule has 1 aromatic rings. The lowest BCUT2D eigenvalue weighted by Gasteiger charge is -2.21. The molecule has 0 radical (unpaired) electrons. The fourth-order valence-electron chi connectivity index (χ4n) is 3.11. The molecule has 2 aliphatic heterocycles.